The number of fused-ring (bicyclic) bond motifs is 3. The molecule has 4 nitrogen and oxygen atoms in total. The predicted molar refractivity (Wildman–Crippen MR) is 115 cm³/mol. The van der Waals surface area contributed by atoms with E-state index in [4.69, 9.17) is 16.3 Å². The van der Waals surface area contributed by atoms with Crippen LogP contribution in [0.1, 0.15) is 13.8 Å². The molecule has 3 aromatic carbocycles. The van der Waals surface area contributed by atoms with Gasteiger partial charge in [-0.15, -0.1) is 0 Å². The molecule has 0 aliphatic rings. The molecule has 28 heavy (non-hydrogen) atoms. The van der Waals surface area contributed by atoms with Crippen LogP contribution in [0.15, 0.2) is 66.7 Å². The van der Waals surface area contributed by atoms with Crippen molar-refractivity contribution in [2.24, 2.45) is 0 Å². The highest BCUT2D eigenvalue weighted by molar-refractivity contribution is 6.30. The van der Waals surface area contributed by atoms with Gasteiger partial charge in [-0.2, -0.15) is 0 Å². The topological polar surface area (TPSA) is 43.3 Å². The number of carbonyl (C=O) groups is 1. The Morgan fingerprint density at radius 3 is 2.61 bits per heavy atom. The number of nitrogens with zero attached hydrogens (tertiary/aromatic N) is 1. The lowest BCUT2D eigenvalue weighted by Gasteiger charge is -2.15. The van der Waals surface area contributed by atoms with E-state index < -0.39 is 6.10 Å². The van der Waals surface area contributed by atoms with Crippen LogP contribution in [0.5, 0.6) is 5.75 Å². The Kier molecular flexibility index (Phi) is 4.97. The van der Waals surface area contributed by atoms with Gasteiger partial charge in [0, 0.05) is 39.1 Å². The number of rotatable bonds is 5. The Labute approximate surface area is 168 Å². The largest absolute Gasteiger partial charge is 0.481 e. The van der Waals surface area contributed by atoms with Crippen molar-refractivity contribution >= 4 is 45.0 Å². The number of aromatic nitrogens is 1. The van der Waals surface area contributed by atoms with Gasteiger partial charge in [0.25, 0.3) is 5.91 Å². The van der Waals surface area contributed by atoms with Crippen molar-refractivity contribution in [2.75, 3.05) is 5.32 Å². The third kappa shape index (κ3) is 3.43. The summed E-state index contributed by atoms with van der Waals surface area (Å²) in [4.78, 5) is 12.6. The van der Waals surface area contributed by atoms with Gasteiger partial charge in [0.05, 0.1) is 0 Å². The minimum Gasteiger partial charge on any atom is -0.481 e. The molecule has 1 amide bonds. The molecule has 1 atom stereocenters. The molecular weight excluding hydrogens is 372 g/mol. The van der Waals surface area contributed by atoms with Crippen LogP contribution in [0, 0.1) is 0 Å². The number of amides is 1. The Morgan fingerprint density at radius 2 is 1.82 bits per heavy atom. The van der Waals surface area contributed by atoms with Gasteiger partial charge in [-0.25, -0.2) is 0 Å². The molecule has 0 aliphatic heterocycles. The van der Waals surface area contributed by atoms with Crippen LogP contribution in [0.2, 0.25) is 5.02 Å². The Bertz CT molecular complexity index is 1170. The molecular formula is C23H21ClN2O2. The average molecular weight is 393 g/mol. The first kappa shape index (κ1) is 18.4. The Morgan fingerprint density at radius 1 is 1.04 bits per heavy atom. The quantitative estimate of drug-likeness (QED) is 0.461. The lowest BCUT2D eigenvalue weighted by Crippen LogP contribution is -2.30. The number of hydrogen-bond donors (Lipinski definition) is 1. The standard InChI is InChI=1S/C23H21ClN2O2/c1-3-26-21-10-5-4-9-19(21)20-14-17(11-12-22(20)26)25-23(27)15(2)28-18-8-6-7-16(24)13-18/h4-15H,3H2,1-2H3,(H,25,27). The van der Waals surface area contributed by atoms with Crippen LogP contribution in [0.4, 0.5) is 5.69 Å². The smallest absolute Gasteiger partial charge is 0.265 e. The second kappa shape index (κ2) is 7.56. The molecule has 1 N–H and O–H groups in total. The summed E-state index contributed by atoms with van der Waals surface area (Å²) in [5.41, 5.74) is 3.10. The zero-order valence-corrected chi connectivity index (χ0v) is 16.5. The van der Waals surface area contributed by atoms with Crippen LogP contribution in [-0.2, 0) is 11.3 Å². The second-order valence-electron chi connectivity index (χ2n) is 6.70. The fourth-order valence-electron chi connectivity index (χ4n) is 3.51. The van der Waals surface area contributed by atoms with Crippen molar-refractivity contribution in [2.45, 2.75) is 26.5 Å². The fourth-order valence-corrected chi connectivity index (χ4v) is 3.69. The highest BCUT2D eigenvalue weighted by Gasteiger charge is 2.16. The van der Waals surface area contributed by atoms with E-state index in [1.807, 2.05) is 24.3 Å². The molecule has 1 aromatic heterocycles. The maximum absolute atomic E-state index is 12.6. The first-order chi connectivity index (χ1) is 13.6. The Hall–Kier alpha value is -2.98. The molecule has 4 aromatic rings. The highest BCUT2D eigenvalue weighted by Crippen LogP contribution is 2.31. The van der Waals surface area contributed by atoms with Crippen LogP contribution in [-0.4, -0.2) is 16.6 Å². The van der Waals surface area contributed by atoms with Crippen LogP contribution >= 0.6 is 11.6 Å². The molecule has 0 saturated heterocycles. The number of hydrogen-bond acceptors (Lipinski definition) is 2. The molecule has 0 bridgehead atoms. The molecule has 5 heteroatoms. The summed E-state index contributed by atoms with van der Waals surface area (Å²) >= 11 is 5.97. The Balaban J connectivity index is 1.59. The van der Waals surface area contributed by atoms with E-state index in [0.717, 1.165) is 23.1 Å². The van der Waals surface area contributed by atoms with E-state index in [0.29, 0.717) is 10.8 Å². The number of benzene rings is 3. The van der Waals surface area contributed by atoms with Gasteiger partial charge in [0.2, 0.25) is 0 Å². The van der Waals surface area contributed by atoms with Crippen molar-refractivity contribution in [1.29, 1.82) is 0 Å². The highest BCUT2D eigenvalue weighted by atomic mass is 35.5. The zero-order chi connectivity index (χ0) is 19.7. The number of halogens is 1. The first-order valence-electron chi connectivity index (χ1n) is 9.31. The molecule has 0 spiro atoms. The molecule has 142 valence electrons. The van der Waals surface area contributed by atoms with Crippen LogP contribution < -0.4 is 10.1 Å². The van der Waals surface area contributed by atoms with E-state index in [-0.39, 0.29) is 5.91 Å². The number of anilines is 1. The molecule has 1 heterocycles. The maximum Gasteiger partial charge on any atom is 0.265 e. The zero-order valence-electron chi connectivity index (χ0n) is 15.8. The van der Waals surface area contributed by atoms with Gasteiger partial charge in [0.1, 0.15) is 5.75 Å². The lowest BCUT2D eigenvalue weighted by atomic mass is 10.1. The minimum atomic E-state index is -0.647. The predicted octanol–water partition coefficient (Wildman–Crippen LogP) is 5.87. The van der Waals surface area contributed by atoms with Crippen LogP contribution in [0.3, 0.4) is 0 Å². The van der Waals surface area contributed by atoms with Crippen molar-refractivity contribution in [3.05, 3.63) is 71.8 Å². The lowest BCUT2D eigenvalue weighted by molar-refractivity contribution is -0.122. The number of para-hydroxylation sites is 1. The average Bonchev–Trinajstić information content (AvgIpc) is 3.01. The number of nitrogens with one attached hydrogen (secondary N) is 1. The van der Waals surface area contributed by atoms with Gasteiger partial charge in [-0.3, -0.25) is 4.79 Å². The summed E-state index contributed by atoms with van der Waals surface area (Å²) in [6, 6.07) is 21.3. The summed E-state index contributed by atoms with van der Waals surface area (Å²) in [5.74, 6) is 0.357. The SMILES string of the molecule is CCn1c2ccccc2c2cc(NC(=O)C(C)Oc3cccc(Cl)c3)ccc21. The van der Waals surface area contributed by atoms with E-state index in [1.165, 1.54) is 10.9 Å². The van der Waals surface area contributed by atoms with E-state index in [1.54, 1.807) is 31.2 Å². The van der Waals surface area contributed by atoms with Gasteiger partial charge < -0.3 is 14.6 Å². The minimum absolute atomic E-state index is 0.210. The molecule has 0 aliphatic carbocycles. The molecule has 1 unspecified atom stereocenters. The van der Waals surface area contributed by atoms with Crippen molar-refractivity contribution in [1.82, 2.24) is 4.57 Å². The number of carbonyl (C=O) groups excluding carboxylic acids is 1. The van der Waals surface area contributed by atoms with Crippen molar-refractivity contribution in [3.63, 3.8) is 0 Å². The van der Waals surface area contributed by atoms with Crippen molar-refractivity contribution in [3.8, 4) is 5.75 Å². The summed E-state index contributed by atoms with van der Waals surface area (Å²) in [5, 5.41) is 5.83. The number of ether oxygens (including phenoxy) is 1. The monoisotopic (exact) mass is 392 g/mol. The van der Waals surface area contributed by atoms with Gasteiger partial charge in [-0.1, -0.05) is 35.9 Å². The summed E-state index contributed by atoms with van der Waals surface area (Å²) in [6.45, 7) is 4.74. The van der Waals surface area contributed by atoms with E-state index >= 15 is 0 Å². The van der Waals surface area contributed by atoms with Gasteiger partial charge in [0.15, 0.2) is 6.10 Å². The van der Waals surface area contributed by atoms with Crippen molar-refractivity contribution < 1.29 is 9.53 Å². The molecule has 0 fully saturated rings. The van der Waals surface area contributed by atoms with Crippen LogP contribution in [0.25, 0.3) is 21.8 Å². The normalized spacial score (nSPS) is 12.2. The van der Waals surface area contributed by atoms with Gasteiger partial charge in [-0.05, 0) is 56.3 Å². The van der Waals surface area contributed by atoms with E-state index in [9.17, 15) is 4.79 Å². The van der Waals surface area contributed by atoms with E-state index in [2.05, 4.69) is 35.0 Å². The fraction of sp³-hybridized carbons (Fsp3) is 0.174. The number of aryl methyl sites for hydroxylation is 1. The third-order valence-electron chi connectivity index (χ3n) is 4.83. The second-order valence-corrected chi connectivity index (χ2v) is 7.14. The molecule has 4 rings (SSSR count). The van der Waals surface area contributed by atoms with Gasteiger partial charge >= 0.3 is 0 Å². The first-order valence-corrected chi connectivity index (χ1v) is 9.68. The molecule has 0 saturated carbocycles. The summed E-state index contributed by atoms with van der Waals surface area (Å²) in [6.07, 6.45) is -0.647. The maximum atomic E-state index is 12.6. The summed E-state index contributed by atoms with van der Waals surface area (Å²) in [7, 11) is 0. The molecule has 0 radical (unpaired) electrons. The third-order valence-corrected chi connectivity index (χ3v) is 5.07. The summed E-state index contributed by atoms with van der Waals surface area (Å²) < 4.78 is 7.99.